The molecule has 0 bridgehead atoms. The standard InChI is InChI=1S/C17H24N2O/c20-17(18-15-6-2-3-7-15)14-8-10-16(11-9-14)19-12-4-1-5-13-19/h8-11,15H,1-7,12-13H2,(H,18,20). The minimum absolute atomic E-state index is 0.0853. The molecule has 1 saturated heterocycles. The number of nitrogens with zero attached hydrogens (tertiary/aromatic N) is 1. The smallest absolute Gasteiger partial charge is 0.251 e. The molecule has 1 aromatic carbocycles. The highest BCUT2D eigenvalue weighted by Gasteiger charge is 2.18. The molecule has 0 radical (unpaired) electrons. The van der Waals surface area contributed by atoms with E-state index >= 15 is 0 Å². The van der Waals surface area contributed by atoms with Crippen LogP contribution in [0.5, 0.6) is 0 Å². The number of amides is 1. The normalized spacial score (nSPS) is 20.1. The third-order valence-corrected chi connectivity index (χ3v) is 4.54. The minimum Gasteiger partial charge on any atom is -0.372 e. The van der Waals surface area contributed by atoms with Gasteiger partial charge in [-0.05, 0) is 56.4 Å². The summed E-state index contributed by atoms with van der Waals surface area (Å²) in [6, 6.07) is 8.51. The van der Waals surface area contributed by atoms with E-state index in [4.69, 9.17) is 0 Å². The average Bonchev–Trinajstić information content (AvgIpc) is 3.01. The summed E-state index contributed by atoms with van der Waals surface area (Å²) in [5.74, 6) is 0.0853. The Morgan fingerprint density at radius 2 is 1.60 bits per heavy atom. The van der Waals surface area contributed by atoms with Crippen molar-refractivity contribution in [3.63, 3.8) is 0 Å². The first-order chi connectivity index (χ1) is 9.83. The lowest BCUT2D eigenvalue weighted by atomic mass is 10.1. The number of carbonyl (C=O) groups is 1. The van der Waals surface area contributed by atoms with Gasteiger partial charge in [-0.25, -0.2) is 0 Å². The van der Waals surface area contributed by atoms with Gasteiger partial charge >= 0.3 is 0 Å². The van der Waals surface area contributed by atoms with Crippen molar-refractivity contribution < 1.29 is 4.79 Å². The maximum atomic E-state index is 12.2. The second-order valence-corrected chi connectivity index (χ2v) is 6.05. The first kappa shape index (κ1) is 13.5. The molecule has 3 rings (SSSR count). The summed E-state index contributed by atoms with van der Waals surface area (Å²) in [5.41, 5.74) is 2.04. The molecular weight excluding hydrogens is 248 g/mol. The first-order valence-electron chi connectivity index (χ1n) is 7.99. The van der Waals surface area contributed by atoms with E-state index in [0.29, 0.717) is 6.04 Å². The molecule has 0 aromatic heterocycles. The fourth-order valence-corrected chi connectivity index (χ4v) is 3.31. The van der Waals surface area contributed by atoms with Crippen LogP contribution in [-0.4, -0.2) is 25.0 Å². The van der Waals surface area contributed by atoms with Crippen LogP contribution in [0.3, 0.4) is 0 Å². The highest BCUT2D eigenvalue weighted by Crippen LogP contribution is 2.21. The molecule has 3 nitrogen and oxygen atoms in total. The predicted molar refractivity (Wildman–Crippen MR) is 82.2 cm³/mol. The van der Waals surface area contributed by atoms with Gasteiger partial charge in [0.15, 0.2) is 0 Å². The Bertz CT molecular complexity index is 443. The third-order valence-electron chi connectivity index (χ3n) is 4.54. The molecule has 2 aliphatic rings. The monoisotopic (exact) mass is 272 g/mol. The largest absolute Gasteiger partial charge is 0.372 e. The topological polar surface area (TPSA) is 32.3 Å². The van der Waals surface area contributed by atoms with Crippen LogP contribution < -0.4 is 10.2 Å². The molecule has 1 N–H and O–H groups in total. The Balaban J connectivity index is 1.61. The maximum absolute atomic E-state index is 12.2. The fourth-order valence-electron chi connectivity index (χ4n) is 3.31. The van der Waals surface area contributed by atoms with Gasteiger partial charge in [0.25, 0.3) is 5.91 Å². The number of carbonyl (C=O) groups excluding carboxylic acids is 1. The number of hydrogen-bond acceptors (Lipinski definition) is 2. The molecule has 0 unspecified atom stereocenters. The Morgan fingerprint density at radius 1 is 0.950 bits per heavy atom. The maximum Gasteiger partial charge on any atom is 0.251 e. The lowest BCUT2D eigenvalue weighted by molar-refractivity contribution is 0.0938. The molecule has 3 heteroatoms. The van der Waals surface area contributed by atoms with Crippen molar-refractivity contribution in [3.8, 4) is 0 Å². The van der Waals surface area contributed by atoms with Crippen LogP contribution in [0.4, 0.5) is 5.69 Å². The fraction of sp³-hybridized carbons (Fsp3) is 0.588. The zero-order valence-electron chi connectivity index (χ0n) is 12.1. The molecular formula is C17H24N2O. The molecule has 1 saturated carbocycles. The first-order valence-corrected chi connectivity index (χ1v) is 7.99. The van der Waals surface area contributed by atoms with Crippen LogP contribution in [-0.2, 0) is 0 Å². The molecule has 1 amide bonds. The summed E-state index contributed by atoms with van der Waals surface area (Å²) in [4.78, 5) is 14.6. The highest BCUT2D eigenvalue weighted by atomic mass is 16.1. The number of anilines is 1. The van der Waals surface area contributed by atoms with Crippen LogP contribution >= 0.6 is 0 Å². The van der Waals surface area contributed by atoms with Gasteiger partial charge in [0.05, 0.1) is 0 Å². The Labute approximate surface area is 121 Å². The van der Waals surface area contributed by atoms with E-state index in [1.807, 2.05) is 12.1 Å². The lowest BCUT2D eigenvalue weighted by Gasteiger charge is -2.28. The van der Waals surface area contributed by atoms with Crippen LogP contribution in [0.25, 0.3) is 0 Å². The Hall–Kier alpha value is -1.51. The molecule has 20 heavy (non-hydrogen) atoms. The Kier molecular flexibility index (Phi) is 4.24. The van der Waals surface area contributed by atoms with E-state index in [1.54, 1.807) is 0 Å². The summed E-state index contributed by atoms with van der Waals surface area (Å²) in [5, 5.41) is 3.14. The second-order valence-electron chi connectivity index (χ2n) is 6.05. The van der Waals surface area contributed by atoms with Crippen molar-refractivity contribution in [2.24, 2.45) is 0 Å². The van der Waals surface area contributed by atoms with E-state index < -0.39 is 0 Å². The summed E-state index contributed by atoms with van der Waals surface area (Å²) >= 11 is 0. The summed E-state index contributed by atoms with van der Waals surface area (Å²) in [7, 11) is 0. The van der Waals surface area contributed by atoms with Crippen molar-refractivity contribution in [2.45, 2.75) is 51.0 Å². The van der Waals surface area contributed by atoms with E-state index in [0.717, 1.165) is 31.5 Å². The zero-order chi connectivity index (χ0) is 13.8. The number of benzene rings is 1. The van der Waals surface area contributed by atoms with Gasteiger partial charge in [-0.3, -0.25) is 4.79 Å². The van der Waals surface area contributed by atoms with Crippen molar-refractivity contribution in [2.75, 3.05) is 18.0 Å². The van der Waals surface area contributed by atoms with E-state index in [1.165, 1.54) is 37.8 Å². The second kappa shape index (κ2) is 6.29. The number of nitrogens with one attached hydrogen (secondary N) is 1. The molecule has 1 heterocycles. The highest BCUT2D eigenvalue weighted by molar-refractivity contribution is 5.94. The molecule has 0 atom stereocenters. The summed E-state index contributed by atoms with van der Waals surface area (Å²) < 4.78 is 0. The Morgan fingerprint density at radius 3 is 2.25 bits per heavy atom. The zero-order valence-corrected chi connectivity index (χ0v) is 12.1. The number of hydrogen-bond donors (Lipinski definition) is 1. The molecule has 1 aliphatic carbocycles. The average molecular weight is 272 g/mol. The molecule has 1 aromatic rings. The van der Waals surface area contributed by atoms with Crippen molar-refractivity contribution in [3.05, 3.63) is 29.8 Å². The molecule has 108 valence electrons. The van der Waals surface area contributed by atoms with Crippen LogP contribution in [0.15, 0.2) is 24.3 Å². The van der Waals surface area contributed by atoms with Gasteiger partial charge in [0.2, 0.25) is 0 Å². The van der Waals surface area contributed by atoms with Gasteiger partial charge in [-0.2, -0.15) is 0 Å². The van der Waals surface area contributed by atoms with Gasteiger partial charge in [-0.15, -0.1) is 0 Å². The van der Waals surface area contributed by atoms with Gasteiger partial charge < -0.3 is 10.2 Å². The van der Waals surface area contributed by atoms with Crippen LogP contribution in [0.1, 0.15) is 55.3 Å². The number of piperidine rings is 1. The summed E-state index contributed by atoms with van der Waals surface area (Å²) in [6.45, 7) is 2.29. The van der Waals surface area contributed by atoms with Gasteiger partial charge in [-0.1, -0.05) is 12.8 Å². The number of rotatable bonds is 3. The summed E-state index contributed by atoms with van der Waals surface area (Å²) in [6.07, 6.45) is 8.68. The molecule has 0 spiro atoms. The van der Waals surface area contributed by atoms with Crippen LogP contribution in [0, 0.1) is 0 Å². The van der Waals surface area contributed by atoms with E-state index in [-0.39, 0.29) is 5.91 Å². The third kappa shape index (κ3) is 3.14. The van der Waals surface area contributed by atoms with Crippen molar-refractivity contribution in [1.29, 1.82) is 0 Å². The molecule has 1 aliphatic heterocycles. The van der Waals surface area contributed by atoms with Crippen molar-refractivity contribution in [1.82, 2.24) is 5.32 Å². The van der Waals surface area contributed by atoms with Crippen molar-refractivity contribution >= 4 is 11.6 Å². The SMILES string of the molecule is O=C(NC1CCCC1)c1ccc(N2CCCCC2)cc1. The quantitative estimate of drug-likeness (QED) is 0.915. The van der Waals surface area contributed by atoms with E-state index in [2.05, 4.69) is 22.3 Å². The predicted octanol–water partition coefficient (Wildman–Crippen LogP) is 3.35. The van der Waals surface area contributed by atoms with E-state index in [9.17, 15) is 4.79 Å². The van der Waals surface area contributed by atoms with Gasteiger partial charge in [0, 0.05) is 30.4 Å². The van der Waals surface area contributed by atoms with Gasteiger partial charge in [0.1, 0.15) is 0 Å². The minimum atomic E-state index is 0.0853. The lowest BCUT2D eigenvalue weighted by Crippen LogP contribution is -2.32. The molecule has 2 fully saturated rings. The van der Waals surface area contributed by atoms with Crippen LogP contribution in [0.2, 0.25) is 0 Å².